The van der Waals surface area contributed by atoms with Crippen LogP contribution in [0.3, 0.4) is 0 Å². The summed E-state index contributed by atoms with van der Waals surface area (Å²) >= 11 is 0. The minimum Gasteiger partial charge on any atom is -0.475 e. The van der Waals surface area contributed by atoms with Crippen LogP contribution in [0.5, 0.6) is 5.75 Å². The van der Waals surface area contributed by atoms with Crippen molar-refractivity contribution >= 4 is 35.5 Å². The van der Waals surface area contributed by atoms with Crippen molar-refractivity contribution in [1.29, 1.82) is 0 Å². The molecule has 1 aliphatic carbocycles. The van der Waals surface area contributed by atoms with Crippen LogP contribution in [0.25, 0.3) is 0 Å². The van der Waals surface area contributed by atoms with E-state index in [0.29, 0.717) is 18.9 Å². The van der Waals surface area contributed by atoms with Crippen molar-refractivity contribution < 1.29 is 60.1 Å². The second-order valence-electron chi connectivity index (χ2n) is 12.6. The highest BCUT2D eigenvalue weighted by Gasteiger charge is 2.58. The number of alkyl halides is 5. The van der Waals surface area contributed by atoms with Crippen molar-refractivity contribution in [3.05, 3.63) is 23.3 Å². The molecule has 1 unspecified atom stereocenters. The van der Waals surface area contributed by atoms with Crippen LogP contribution in [-0.4, -0.2) is 96.2 Å². The molecule has 266 valence electrons. The molecule has 1 aromatic carbocycles. The first-order valence-electron chi connectivity index (χ1n) is 15.7. The summed E-state index contributed by atoms with van der Waals surface area (Å²) in [5.74, 6) is -4.58. The quantitative estimate of drug-likeness (QED) is 0.218. The van der Waals surface area contributed by atoms with Gasteiger partial charge < -0.3 is 34.2 Å². The standard InChI is InChI=1S/C31H39F5N4O8/c1-16(2)27(43)46-18(5)47-29(45)38-11-6-7-19(15-38)40(17(3)4)26(42)20-13-22-23(14-21(20)31(34,35)36)48-30(8-9-30)28(44)39(22)12-10-37-25(41)24(32)33/h13-14,16-19,24H,6-12,15H2,1-5H3,(H,37,41)/t18?,19-/m1/s1. The second kappa shape index (κ2) is 14.1. The maximum absolute atomic E-state index is 14.5. The monoisotopic (exact) mass is 690 g/mol. The lowest BCUT2D eigenvalue weighted by Crippen LogP contribution is -2.54. The van der Waals surface area contributed by atoms with Gasteiger partial charge in [0, 0.05) is 52.0 Å². The van der Waals surface area contributed by atoms with Crippen LogP contribution >= 0.6 is 0 Å². The van der Waals surface area contributed by atoms with Crippen molar-refractivity contribution in [2.45, 2.75) is 96.9 Å². The summed E-state index contributed by atoms with van der Waals surface area (Å²) in [5.41, 5.74) is -3.68. The number of rotatable bonds is 10. The molecule has 4 rings (SSSR count). The number of hydrogen-bond donors (Lipinski definition) is 1. The predicted octanol–water partition coefficient (Wildman–Crippen LogP) is 4.34. The van der Waals surface area contributed by atoms with Crippen molar-refractivity contribution in [3.63, 3.8) is 0 Å². The van der Waals surface area contributed by atoms with E-state index in [1.165, 1.54) is 16.7 Å². The van der Waals surface area contributed by atoms with Gasteiger partial charge in [0.25, 0.3) is 17.7 Å². The number of nitrogens with zero attached hydrogens (tertiary/aromatic N) is 3. The maximum atomic E-state index is 14.5. The number of ether oxygens (including phenoxy) is 3. The van der Waals surface area contributed by atoms with Gasteiger partial charge in [0.2, 0.25) is 6.29 Å². The largest absolute Gasteiger partial charge is 0.475 e. The Kier molecular flexibility index (Phi) is 10.8. The van der Waals surface area contributed by atoms with Gasteiger partial charge in [-0.1, -0.05) is 13.8 Å². The minimum absolute atomic E-state index is 0.0834. The van der Waals surface area contributed by atoms with Gasteiger partial charge in [0.15, 0.2) is 5.60 Å². The third-order valence-electron chi connectivity index (χ3n) is 8.26. The number of carbonyl (C=O) groups is 5. The third kappa shape index (κ3) is 7.92. The number of anilines is 1. The fraction of sp³-hybridized carbons (Fsp3) is 0.645. The van der Waals surface area contributed by atoms with E-state index in [2.05, 4.69) is 0 Å². The van der Waals surface area contributed by atoms with Crippen molar-refractivity contribution in [2.75, 3.05) is 31.1 Å². The smallest absolute Gasteiger partial charge is 0.417 e. The van der Waals surface area contributed by atoms with Crippen molar-refractivity contribution in [2.24, 2.45) is 5.92 Å². The first-order valence-corrected chi connectivity index (χ1v) is 15.7. The zero-order chi connectivity index (χ0) is 35.7. The molecule has 3 aliphatic rings. The van der Waals surface area contributed by atoms with Gasteiger partial charge in [-0.05, 0) is 38.8 Å². The highest BCUT2D eigenvalue weighted by molar-refractivity contribution is 6.07. The van der Waals surface area contributed by atoms with E-state index in [1.54, 1.807) is 27.7 Å². The van der Waals surface area contributed by atoms with Crippen LogP contribution < -0.4 is 15.0 Å². The molecule has 12 nitrogen and oxygen atoms in total. The molecular formula is C31H39F5N4O8. The van der Waals surface area contributed by atoms with Gasteiger partial charge in [-0.25, -0.2) is 4.79 Å². The number of likely N-dealkylation sites (tertiary alicyclic amines) is 1. The molecule has 2 atom stereocenters. The Morgan fingerprint density at radius 2 is 1.75 bits per heavy atom. The highest BCUT2D eigenvalue weighted by atomic mass is 19.4. The zero-order valence-electron chi connectivity index (χ0n) is 27.2. The molecule has 48 heavy (non-hydrogen) atoms. The lowest BCUT2D eigenvalue weighted by atomic mass is 9.97. The van der Waals surface area contributed by atoms with E-state index in [4.69, 9.17) is 14.2 Å². The van der Waals surface area contributed by atoms with Crippen molar-refractivity contribution in [3.8, 4) is 5.75 Å². The summed E-state index contributed by atoms with van der Waals surface area (Å²) in [7, 11) is 0. The number of carbonyl (C=O) groups excluding carboxylic acids is 5. The van der Waals surface area contributed by atoms with E-state index < -0.39 is 90.0 Å². The molecular weight excluding hydrogens is 651 g/mol. The normalized spacial score (nSPS) is 19.2. The molecule has 1 aromatic rings. The molecule has 2 fully saturated rings. The molecule has 1 spiro atoms. The molecule has 1 saturated carbocycles. The first kappa shape index (κ1) is 36.7. The average molecular weight is 691 g/mol. The van der Waals surface area contributed by atoms with E-state index >= 15 is 0 Å². The van der Waals surface area contributed by atoms with Crippen LogP contribution in [0, 0.1) is 5.92 Å². The fourth-order valence-electron chi connectivity index (χ4n) is 5.75. The fourth-order valence-corrected chi connectivity index (χ4v) is 5.75. The topological polar surface area (TPSA) is 135 Å². The van der Waals surface area contributed by atoms with Gasteiger partial charge in [-0.2, -0.15) is 22.0 Å². The molecule has 0 radical (unpaired) electrons. The predicted molar refractivity (Wildman–Crippen MR) is 158 cm³/mol. The first-order chi connectivity index (χ1) is 22.4. The second-order valence-corrected chi connectivity index (χ2v) is 12.6. The Bertz CT molecular complexity index is 1430. The molecule has 2 aliphatic heterocycles. The van der Waals surface area contributed by atoms with Gasteiger partial charge in [0.1, 0.15) is 5.75 Å². The number of hydrogen-bond acceptors (Lipinski definition) is 8. The molecule has 0 bridgehead atoms. The summed E-state index contributed by atoms with van der Waals surface area (Å²) in [6.45, 7) is 7.14. The number of benzene rings is 1. The van der Waals surface area contributed by atoms with Crippen molar-refractivity contribution in [1.82, 2.24) is 15.1 Å². The third-order valence-corrected chi connectivity index (χ3v) is 8.26. The van der Waals surface area contributed by atoms with Crippen LogP contribution in [-0.2, 0) is 30.0 Å². The Balaban J connectivity index is 1.63. The summed E-state index contributed by atoms with van der Waals surface area (Å²) in [6.07, 6.45) is -9.20. The lowest BCUT2D eigenvalue weighted by Gasteiger charge is -2.42. The number of nitrogens with one attached hydrogen (secondary N) is 1. The van der Waals surface area contributed by atoms with E-state index in [0.717, 1.165) is 11.0 Å². The highest BCUT2D eigenvalue weighted by Crippen LogP contribution is 2.51. The number of esters is 1. The number of halogens is 5. The van der Waals surface area contributed by atoms with E-state index in [-0.39, 0.29) is 43.9 Å². The Hall–Kier alpha value is -4.18. The number of piperidine rings is 1. The molecule has 17 heteroatoms. The molecule has 4 amide bonds. The van der Waals surface area contributed by atoms with E-state index in [1.807, 2.05) is 5.32 Å². The summed E-state index contributed by atoms with van der Waals surface area (Å²) in [5, 5.41) is 1.97. The Morgan fingerprint density at radius 3 is 2.31 bits per heavy atom. The van der Waals surface area contributed by atoms with Crippen LogP contribution in [0.4, 0.5) is 32.4 Å². The van der Waals surface area contributed by atoms with Crippen LogP contribution in [0.2, 0.25) is 0 Å². The van der Waals surface area contributed by atoms with Gasteiger partial charge in [-0.3, -0.25) is 19.2 Å². The SMILES string of the molecule is CC(OC(=O)C(C)C)OC(=O)N1CCC[C@@H](N(C(=O)c2cc3c(cc2C(F)(F)F)OC2(CC2)C(=O)N3CCNC(=O)C(F)F)C(C)C)C1. The van der Waals surface area contributed by atoms with E-state index in [9.17, 15) is 45.9 Å². The summed E-state index contributed by atoms with van der Waals surface area (Å²) in [6, 6.07) is 0.174. The molecule has 1 N–H and O–H groups in total. The molecule has 1 saturated heterocycles. The number of fused-ring (bicyclic) bond motifs is 1. The molecule has 0 aromatic heterocycles. The van der Waals surface area contributed by atoms with Crippen LogP contribution in [0.15, 0.2) is 12.1 Å². The summed E-state index contributed by atoms with van der Waals surface area (Å²) < 4.78 is 85.1. The molecule has 2 heterocycles. The Labute approximate surface area is 273 Å². The maximum Gasteiger partial charge on any atom is 0.417 e. The van der Waals surface area contributed by atoms with Gasteiger partial charge in [0.05, 0.1) is 28.8 Å². The summed E-state index contributed by atoms with van der Waals surface area (Å²) in [4.78, 5) is 67.2. The minimum atomic E-state index is -5.02. The zero-order valence-corrected chi connectivity index (χ0v) is 27.2. The Morgan fingerprint density at radius 1 is 1.08 bits per heavy atom. The lowest BCUT2D eigenvalue weighted by molar-refractivity contribution is -0.170. The average Bonchev–Trinajstić information content (AvgIpc) is 3.77. The van der Waals surface area contributed by atoms with Crippen LogP contribution in [0.1, 0.15) is 76.2 Å². The van der Waals surface area contributed by atoms with Gasteiger partial charge in [-0.15, -0.1) is 0 Å². The number of amides is 4. The van der Waals surface area contributed by atoms with Gasteiger partial charge >= 0.3 is 24.7 Å².